The highest BCUT2D eigenvalue weighted by Gasteiger charge is 2.10. The van der Waals surface area contributed by atoms with Gasteiger partial charge in [0.25, 0.3) is 6.02 Å². The van der Waals surface area contributed by atoms with E-state index in [1.165, 1.54) is 0 Å². The van der Waals surface area contributed by atoms with Gasteiger partial charge in [-0.3, -0.25) is 10.2 Å². The highest BCUT2D eigenvalue weighted by molar-refractivity contribution is 6.33. The zero-order chi connectivity index (χ0) is 7.44. The maximum atomic E-state index is 10.0. The van der Waals surface area contributed by atoms with Crippen LogP contribution in [0.5, 0.6) is 0 Å². The third kappa shape index (κ3) is 3.03. The van der Waals surface area contributed by atoms with Crippen LogP contribution in [0.25, 0.3) is 0 Å². The van der Waals surface area contributed by atoms with Gasteiger partial charge in [0.15, 0.2) is 0 Å². The van der Waals surface area contributed by atoms with Crippen LogP contribution >= 0.6 is 0 Å². The lowest BCUT2D eigenvalue weighted by atomic mass is 10.7. The first kappa shape index (κ1) is 7.41. The molecule has 1 amide bonds. The van der Waals surface area contributed by atoms with E-state index in [9.17, 15) is 9.59 Å². The summed E-state index contributed by atoms with van der Waals surface area (Å²) in [4.78, 5) is 19.9. The van der Waals surface area contributed by atoms with Crippen molar-refractivity contribution in [3.63, 3.8) is 0 Å². The van der Waals surface area contributed by atoms with Gasteiger partial charge in [-0.1, -0.05) is 0 Å². The van der Waals surface area contributed by atoms with Crippen molar-refractivity contribution < 1.29 is 14.3 Å². The smallest absolute Gasteiger partial charge is 0.386 e. The molecule has 0 aromatic heterocycles. The second kappa shape index (κ2) is 2.65. The highest BCUT2D eigenvalue weighted by atomic mass is 16.6. The number of primary amides is 1. The Bertz CT molecular complexity index is 164. The largest absolute Gasteiger partial charge is 0.404 e. The van der Waals surface area contributed by atoms with Gasteiger partial charge < -0.3 is 16.2 Å². The molecule has 0 heterocycles. The van der Waals surface area contributed by atoms with E-state index in [1.807, 2.05) is 0 Å². The average Bonchev–Trinajstić information content (AvgIpc) is 1.63. The van der Waals surface area contributed by atoms with E-state index in [2.05, 4.69) is 16.2 Å². The van der Waals surface area contributed by atoms with E-state index < -0.39 is 17.9 Å². The molecule has 0 aromatic rings. The van der Waals surface area contributed by atoms with Gasteiger partial charge in [0.1, 0.15) is 0 Å². The van der Waals surface area contributed by atoms with Crippen LogP contribution in [0.4, 0.5) is 0 Å². The van der Waals surface area contributed by atoms with Gasteiger partial charge in [-0.05, 0) is 0 Å². The third-order valence-corrected chi connectivity index (χ3v) is 0.404. The molecule has 0 rings (SSSR count). The van der Waals surface area contributed by atoms with Crippen molar-refractivity contribution in [3.05, 3.63) is 0 Å². The Balaban J connectivity index is 3.79. The Hall–Kier alpha value is -1.59. The van der Waals surface area contributed by atoms with E-state index in [1.54, 1.807) is 0 Å². The van der Waals surface area contributed by atoms with E-state index in [-0.39, 0.29) is 0 Å². The number of nitrogens with two attached hydrogens (primary N) is 2. The predicted octanol–water partition coefficient (Wildman–Crippen LogP) is -2.09. The first-order valence-electron chi connectivity index (χ1n) is 1.89. The maximum Gasteiger partial charge on any atom is 0.404 e. The topological polar surface area (TPSA) is 119 Å². The minimum absolute atomic E-state index is 0.848. The molecule has 0 saturated heterocycles. The van der Waals surface area contributed by atoms with Crippen molar-refractivity contribution in [3.8, 4) is 0 Å². The van der Waals surface area contributed by atoms with Gasteiger partial charge in [0, 0.05) is 0 Å². The number of nitrogens with one attached hydrogen (secondary N) is 1. The van der Waals surface area contributed by atoms with Crippen molar-refractivity contribution in [2.75, 3.05) is 0 Å². The van der Waals surface area contributed by atoms with E-state index in [0.29, 0.717) is 0 Å². The zero-order valence-corrected chi connectivity index (χ0v) is 4.38. The van der Waals surface area contributed by atoms with Crippen molar-refractivity contribution in [2.45, 2.75) is 0 Å². The van der Waals surface area contributed by atoms with Crippen molar-refractivity contribution in [1.29, 1.82) is 5.41 Å². The molecule has 0 aliphatic carbocycles. The maximum absolute atomic E-state index is 10.0. The van der Waals surface area contributed by atoms with Gasteiger partial charge in [0.2, 0.25) is 0 Å². The molecule has 0 atom stereocenters. The molecule has 0 fully saturated rings. The van der Waals surface area contributed by atoms with Crippen LogP contribution in [0, 0.1) is 5.41 Å². The molecule has 6 nitrogen and oxygen atoms in total. The first-order valence-corrected chi connectivity index (χ1v) is 1.89. The molecule has 0 radical (unpaired) electrons. The Labute approximate surface area is 50.3 Å². The average molecular weight is 131 g/mol. The molecular weight excluding hydrogens is 126 g/mol. The lowest BCUT2D eigenvalue weighted by Crippen LogP contribution is -2.30. The Morgan fingerprint density at radius 2 is 1.78 bits per heavy atom. The summed E-state index contributed by atoms with van der Waals surface area (Å²) >= 11 is 0. The van der Waals surface area contributed by atoms with Crippen LogP contribution < -0.4 is 11.5 Å². The van der Waals surface area contributed by atoms with Gasteiger partial charge >= 0.3 is 11.9 Å². The van der Waals surface area contributed by atoms with Crippen LogP contribution in [0.1, 0.15) is 0 Å². The fourth-order valence-corrected chi connectivity index (χ4v) is 0.150. The summed E-state index contributed by atoms with van der Waals surface area (Å²) in [6.07, 6.45) is 0. The van der Waals surface area contributed by atoms with Crippen LogP contribution in [0.15, 0.2) is 0 Å². The second-order valence-corrected chi connectivity index (χ2v) is 1.12. The van der Waals surface area contributed by atoms with Gasteiger partial charge in [-0.25, -0.2) is 4.79 Å². The Kier molecular flexibility index (Phi) is 2.18. The second-order valence-electron chi connectivity index (χ2n) is 1.12. The molecule has 0 aromatic carbocycles. The number of hydrogen-bond acceptors (Lipinski definition) is 4. The number of carbonyl (C=O) groups excluding carboxylic acids is 2. The Morgan fingerprint density at radius 1 is 1.33 bits per heavy atom. The summed E-state index contributed by atoms with van der Waals surface area (Å²) in [5, 5.41) is 6.34. The molecule has 0 saturated carbocycles. The van der Waals surface area contributed by atoms with Crippen molar-refractivity contribution in [2.24, 2.45) is 11.5 Å². The van der Waals surface area contributed by atoms with Gasteiger partial charge in [0.05, 0.1) is 0 Å². The van der Waals surface area contributed by atoms with E-state index in [0.717, 1.165) is 0 Å². The lowest BCUT2D eigenvalue weighted by Gasteiger charge is -1.93. The number of rotatable bonds is 0. The van der Waals surface area contributed by atoms with E-state index >= 15 is 0 Å². The van der Waals surface area contributed by atoms with Crippen molar-refractivity contribution >= 4 is 17.9 Å². The summed E-state index contributed by atoms with van der Waals surface area (Å²) < 4.78 is 3.76. The molecule has 6 heteroatoms. The highest BCUT2D eigenvalue weighted by Crippen LogP contribution is 1.71. The lowest BCUT2D eigenvalue weighted by molar-refractivity contribution is -0.147. The summed E-state index contributed by atoms with van der Waals surface area (Å²) in [5.74, 6) is -2.60. The van der Waals surface area contributed by atoms with Crippen LogP contribution in [-0.4, -0.2) is 17.9 Å². The number of esters is 1. The third-order valence-electron chi connectivity index (χ3n) is 0.404. The molecular formula is C3H5N3O3. The summed E-state index contributed by atoms with van der Waals surface area (Å²) in [6.45, 7) is 0. The molecule has 0 unspecified atom stereocenters. The molecule has 0 spiro atoms. The normalized spacial score (nSPS) is 8.00. The van der Waals surface area contributed by atoms with Crippen molar-refractivity contribution in [1.82, 2.24) is 0 Å². The minimum Gasteiger partial charge on any atom is -0.386 e. The fourth-order valence-electron chi connectivity index (χ4n) is 0.150. The van der Waals surface area contributed by atoms with Crippen LogP contribution in [-0.2, 0) is 14.3 Å². The first-order chi connectivity index (χ1) is 4.04. The molecule has 0 aliphatic rings. The summed E-state index contributed by atoms with van der Waals surface area (Å²) in [5.41, 5.74) is 8.98. The quantitative estimate of drug-likeness (QED) is 0.151. The molecule has 5 N–H and O–H groups in total. The number of amidine groups is 1. The minimum atomic E-state index is -1.33. The number of carbonyl (C=O) groups is 2. The molecule has 0 aliphatic heterocycles. The number of amides is 1. The predicted molar refractivity (Wildman–Crippen MR) is 27.2 cm³/mol. The zero-order valence-electron chi connectivity index (χ0n) is 4.38. The van der Waals surface area contributed by atoms with Crippen LogP contribution in [0.3, 0.4) is 0 Å². The molecule has 9 heavy (non-hydrogen) atoms. The standard InChI is InChI=1S/C3H5N3O3/c4-1(7)2(8)9-3(5)6/h(H2,4,7)(H3,5,6). The van der Waals surface area contributed by atoms with Gasteiger partial charge in [-0.2, -0.15) is 0 Å². The molecule has 50 valence electrons. The SMILES string of the molecule is N=C(N)OC(=O)C(N)=O. The van der Waals surface area contributed by atoms with Crippen LogP contribution in [0.2, 0.25) is 0 Å². The fraction of sp³-hybridized carbons (Fsp3) is 0. The summed E-state index contributed by atoms with van der Waals surface area (Å²) in [7, 11) is 0. The van der Waals surface area contributed by atoms with Gasteiger partial charge in [-0.15, -0.1) is 0 Å². The summed E-state index contributed by atoms with van der Waals surface area (Å²) in [6, 6.07) is -0.848. The van der Waals surface area contributed by atoms with E-state index in [4.69, 9.17) is 5.41 Å². The number of hydrogen-bond donors (Lipinski definition) is 3. The monoisotopic (exact) mass is 131 g/mol. The number of ether oxygens (including phenoxy) is 1. The molecule has 0 bridgehead atoms. The Morgan fingerprint density at radius 3 is 1.89 bits per heavy atom.